The van der Waals surface area contributed by atoms with Crippen LogP contribution in [0.2, 0.25) is 0 Å². The summed E-state index contributed by atoms with van der Waals surface area (Å²) < 4.78 is 5.96. The van der Waals surface area contributed by atoms with Gasteiger partial charge in [-0.15, -0.1) is 0 Å². The van der Waals surface area contributed by atoms with Gasteiger partial charge in [0.15, 0.2) is 0 Å². The van der Waals surface area contributed by atoms with Crippen LogP contribution in [0.5, 0.6) is 0 Å². The maximum absolute atomic E-state index is 5.96. The molecule has 0 saturated heterocycles. The van der Waals surface area contributed by atoms with Crippen molar-refractivity contribution in [2.45, 2.75) is 147 Å². The molecule has 38 heavy (non-hydrogen) atoms. The van der Waals surface area contributed by atoms with Crippen molar-refractivity contribution >= 4 is 30.4 Å². The molecule has 3 fully saturated rings. The van der Waals surface area contributed by atoms with Gasteiger partial charge in [0, 0.05) is 21.2 Å². The number of allylic oxidation sites excluding steroid dienone is 3. The molecule has 0 aromatic rings. The van der Waals surface area contributed by atoms with Gasteiger partial charge in [-0.25, -0.2) is 0 Å². The molecule has 4 aliphatic rings. The molecule has 4 rings (SSSR count). The van der Waals surface area contributed by atoms with Crippen molar-refractivity contribution in [3.8, 4) is 0 Å². The van der Waals surface area contributed by atoms with Crippen LogP contribution in [0.15, 0.2) is 23.8 Å². The molecule has 0 N–H and O–H groups in total. The molecule has 224 valence electrons. The number of hydrogen-bond donors (Lipinski definition) is 0. The summed E-state index contributed by atoms with van der Waals surface area (Å²) in [6.07, 6.45) is 20.5. The van der Waals surface area contributed by atoms with Crippen molar-refractivity contribution < 1.29 is 4.18 Å². The summed E-state index contributed by atoms with van der Waals surface area (Å²) in [7, 11) is 1.53. The second kappa shape index (κ2) is 17.5. The average molecular weight is 661 g/mol. The second-order valence-corrected chi connectivity index (χ2v) is 14.0. The highest BCUT2D eigenvalue weighted by atomic mass is 127. The lowest BCUT2D eigenvalue weighted by Crippen LogP contribution is -2.50. The van der Waals surface area contributed by atoms with Crippen LogP contribution >= 0.6 is 30.4 Å². The Labute approximate surface area is 256 Å². The van der Waals surface area contributed by atoms with Crippen LogP contribution in [0.25, 0.3) is 0 Å². The lowest BCUT2D eigenvalue weighted by atomic mass is 9.47. The van der Waals surface area contributed by atoms with Crippen molar-refractivity contribution in [3.63, 3.8) is 0 Å². The van der Waals surface area contributed by atoms with Crippen molar-refractivity contribution in [1.82, 2.24) is 0 Å². The van der Waals surface area contributed by atoms with Crippen molar-refractivity contribution in [3.05, 3.63) is 23.8 Å². The summed E-state index contributed by atoms with van der Waals surface area (Å²) in [4.78, 5) is 0. The van der Waals surface area contributed by atoms with Crippen LogP contribution < -0.4 is 0 Å². The number of fused-ring (bicyclic) bond motifs is 5. The van der Waals surface area contributed by atoms with E-state index in [9.17, 15) is 0 Å². The zero-order chi connectivity index (χ0) is 29.1. The summed E-state index contributed by atoms with van der Waals surface area (Å²) >= 11 is 2.28. The fourth-order valence-electron chi connectivity index (χ4n) is 8.95. The van der Waals surface area contributed by atoms with Crippen molar-refractivity contribution in [2.24, 2.45) is 52.3 Å². The normalized spacial score (nSPS) is 37.1. The molecule has 0 aliphatic heterocycles. The molecule has 0 aromatic carbocycles. The molecule has 0 bridgehead atoms. The highest BCUT2D eigenvalue weighted by Crippen LogP contribution is 2.67. The molecule has 9 atom stereocenters. The number of hydrogen-bond acceptors (Lipinski definition) is 2. The largest absolute Gasteiger partial charge is 0.302 e. The third kappa shape index (κ3) is 7.87. The van der Waals surface area contributed by atoms with E-state index in [1.54, 1.807) is 5.57 Å². The minimum Gasteiger partial charge on any atom is -0.302 e. The van der Waals surface area contributed by atoms with Gasteiger partial charge in [0.2, 0.25) is 0 Å². The van der Waals surface area contributed by atoms with E-state index >= 15 is 0 Å². The monoisotopic (exact) mass is 660 g/mol. The molecule has 4 aliphatic carbocycles. The Morgan fingerprint density at radius 1 is 0.947 bits per heavy atom. The Morgan fingerprint density at radius 2 is 1.61 bits per heavy atom. The highest BCUT2D eigenvalue weighted by molar-refractivity contribution is 14.2. The molecule has 0 radical (unpaired) electrons. The maximum Gasteiger partial charge on any atom is 0.0769 e. The standard InChI is InChI=1S/C29H47IOS.3C2H6/c1-7-21(19(2)3)9-8-20(4)25-12-13-26-24-11-10-22-18-23(31-32-30)14-16-28(22,5)27(24)15-17-29(25,26)6;3*1-2/h8-10,19-21,23-27H,7,11-18H2,1-6H3;3*1-2H3/b9-8+;;;. The fraction of sp³-hybridized carbons (Fsp3) is 0.886. The SMILES string of the molecule is CC.CC.CC.CCC(/C=C/C(C)C1CCC2C3CC=C4CC(OSI)CCC4(C)C3CCC12C)C(C)C. The van der Waals surface area contributed by atoms with E-state index < -0.39 is 0 Å². The van der Waals surface area contributed by atoms with E-state index in [-0.39, 0.29) is 0 Å². The summed E-state index contributed by atoms with van der Waals surface area (Å²) in [6, 6.07) is 0. The molecule has 3 heteroatoms. The minimum atomic E-state index is 0.433. The first-order valence-corrected chi connectivity index (χ1v) is 19.8. The maximum atomic E-state index is 5.96. The lowest BCUT2D eigenvalue weighted by Gasteiger charge is -2.58. The first-order chi connectivity index (χ1) is 18.2. The molecule has 3 saturated carbocycles. The van der Waals surface area contributed by atoms with E-state index in [4.69, 9.17) is 4.18 Å². The summed E-state index contributed by atoms with van der Waals surface area (Å²) in [5.74, 6) is 5.84. The molecule has 0 spiro atoms. The Morgan fingerprint density at radius 3 is 2.18 bits per heavy atom. The summed E-state index contributed by atoms with van der Waals surface area (Å²) in [5, 5.41) is 0. The number of rotatable bonds is 7. The predicted octanol–water partition coefficient (Wildman–Crippen LogP) is 12.9. The van der Waals surface area contributed by atoms with Crippen LogP contribution in [-0.2, 0) is 4.18 Å². The smallest absolute Gasteiger partial charge is 0.0769 e. The van der Waals surface area contributed by atoms with Crippen molar-refractivity contribution in [2.75, 3.05) is 0 Å². The average Bonchev–Trinajstić information content (AvgIpc) is 3.30. The van der Waals surface area contributed by atoms with Gasteiger partial charge in [0.25, 0.3) is 0 Å². The van der Waals surface area contributed by atoms with Crippen LogP contribution in [-0.4, -0.2) is 6.10 Å². The molecular weight excluding hydrogens is 595 g/mol. The zero-order valence-electron chi connectivity index (χ0n) is 27.4. The van der Waals surface area contributed by atoms with E-state index in [1.165, 1.54) is 67.0 Å². The van der Waals surface area contributed by atoms with Gasteiger partial charge in [0.05, 0.1) is 15.3 Å². The Hall–Kier alpha value is 0.520. The first-order valence-electron chi connectivity index (χ1n) is 16.6. The fourth-order valence-corrected chi connectivity index (χ4v) is 10.1. The third-order valence-electron chi connectivity index (χ3n) is 10.9. The first kappa shape index (κ1) is 36.5. The Balaban J connectivity index is 0.00000112. The molecule has 1 nitrogen and oxygen atoms in total. The van der Waals surface area contributed by atoms with E-state index in [0.717, 1.165) is 41.4 Å². The Bertz CT molecular complexity index is 717. The van der Waals surface area contributed by atoms with Gasteiger partial charge in [-0.2, -0.15) is 0 Å². The van der Waals surface area contributed by atoms with E-state index in [0.29, 0.717) is 16.9 Å². The lowest BCUT2D eigenvalue weighted by molar-refractivity contribution is -0.0517. The molecule has 0 aromatic heterocycles. The summed E-state index contributed by atoms with van der Waals surface area (Å²) in [5.41, 5.74) is 2.73. The van der Waals surface area contributed by atoms with E-state index in [2.05, 4.69) is 81.0 Å². The molecular formula is C35H65IOS. The van der Waals surface area contributed by atoms with Gasteiger partial charge in [-0.1, -0.05) is 107 Å². The highest BCUT2D eigenvalue weighted by Gasteiger charge is 2.59. The summed E-state index contributed by atoms with van der Waals surface area (Å²) in [6.45, 7) is 27.0. The quantitative estimate of drug-likeness (QED) is 0.153. The van der Waals surface area contributed by atoms with Crippen LogP contribution in [0, 0.1) is 52.3 Å². The zero-order valence-corrected chi connectivity index (χ0v) is 30.4. The van der Waals surface area contributed by atoms with Gasteiger partial charge >= 0.3 is 0 Å². The molecule has 0 heterocycles. The van der Waals surface area contributed by atoms with E-state index in [1.807, 2.05) is 41.5 Å². The third-order valence-corrected chi connectivity index (χ3v) is 11.9. The predicted molar refractivity (Wildman–Crippen MR) is 183 cm³/mol. The molecule has 0 amide bonds. The van der Waals surface area contributed by atoms with Crippen LogP contribution in [0.4, 0.5) is 0 Å². The number of halogens is 1. The van der Waals surface area contributed by atoms with Crippen LogP contribution in [0.1, 0.15) is 141 Å². The van der Waals surface area contributed by atoms with Gasteiger partial charge < -0.3 is 4.18 Å². The van der Waals surface area contributed by atoms with Crippen molar-refractivity contribution in [1.29, 1.82) is 0 Å². The van der Waals surface area contributed by atoms with Gasteiger partial charge in [-0.05, 0) is 110 Å². The van der Waals surface area contributed by atoms with Gasteiger partial charge in [0.1, 0.15) is 0 Å². The Kier molecular flexibility index (Phi) is 16.8. The minimum absolute atomic E-state index is 0.433. The van der Waals surface area contributed by atoms with Gasteiger partial charge in [-0.3, -0.25) is 0 Å². The topological polar surface area (TPSA) is 9.23 Å². The molecule has 9 unspecified atom stereocenters. The van der Waals surface area contributed by atoms with Crippen LogP contribution in [0.3, 0.4) is 0 Å². The second-order valence-electron chi connectivity index (χ2n) is 12.6.